The Kier molecular flexibility index (Phi) is 4.11. The van der Waals surface area contributed by atoms with Crippen LogP contribution in [0.15, 0.2) is 37.2 Å². The van der Waals surface area contributed by atoms with Gasteiger partial charge >= 0.3 is 0 Å². The van der Waals surface area contributed by atoms with Gasteiger partial charge in [0, 0.05) is 13.2 Å². The van der Waals surface area contributed by atoms with Gasteiger partial charge in [-0.3, -0.25) is 15.2 Å². The second kappa shape index (κ2) is 6.36. The van der Waals surface area contributed by atoms with Crippen molar-refractivity contribution in [2.24, 2.45) is 0 Å². The van der Waals surface area contributed by atoms with E-state index in [4.69, 9.17) is 0 Å². The quantitative estimate of drug-likeness (QED) is 0.848. The van der Waals surface area contributed by atoms with E-state index in [2.05, 4.69) is 30.7 Å². The lowest BCUT2D eigenvalue weighted by molar-refractivity contribution is 0.0186. The summed E-state index contributed by atoms with van der Waals surface area (Å²) in [6.45, 7) is 2.37. The minimum absolute atomic E-state index is 0.203. The summed E-state index contributed by atoms with van der Waals surface area (Å²) in [5.74, 6) is -0.00573. The van der Waals surface area contributed by atoms with Crippen LogP contribution in [0.4, 0.5) is 11.5 Å². The molecule has 1 aliphatic heterocycles. The predicted octanol–water partition coefficient (Wildman–Crippen LogP) is 0.640. The molecular weight excluding hydrogens is 296 g/mol. The van der Waals surface area contributed by atoms with Crippen LogP contribution in [0.2, 0.25) is 0 Å². The summed E-state index contributed by atoms with van der Waals surface area (Å²) in [5, 5.41) is 6.46. The van der Waals surface area contributed by atoms with Crippen LogP contribution < -0.4 is 10.7 Å². The molecule has 3 rings (SSSR count). The second-order valence-corrected chi connectivity index (χ2v) is 4.94. The van der Waals surface area contributed by atoms with E-state index in [0.29, 0.717) is 23.7 Å². The van der Waals surface area contributed by atoms with Gasteiger partial charge in [-0.2, -0.15) is 0 Å². The predicted molar refractivity (Wildman–Crippen MR) is 83.2 cm³/mol. The maximum absolute atomic E-state index is 12.5. The Bertz CT molecular complexity index is 733. The van der Waals surface area contributed by atoms with Crippen molar-refractivity contribution in [2.45, 2.75) is 6.92 Å². The van der Waals surface area contributed by atoms with E-state index >= 15 is 0 Å². The number of hydrogen-bond donors (Lipinski definition) is 2. The summed E-state index contributed by atoms with van der Waals surface area (Å²) in [6.07, 6.45) is 10.00. The number of hydrogen-bond acceptors (Lipinski definition) is 8. The van der Waals surface area contributed by atoms with Gasteiger partial charge in [-0.05, 0) is 13.0 Å². The SMILES string of the molecule is Cc1cnc(Nc2cncnc2)c(C(=O)NN2CC=CN2C)n1. The highest BCUT2D eigenvalue weighted by molar-refractivity contribution is 5.97. The summed E-state index contributed by atoms with van der Waals surface area (Å²) in [5.41, 5.74) is 4.26. The van der Waals surface area contributed by atoms with Crippen LogP contribution in [0.25, 0.3) is 0 Å². The number of hydrazine groups is 2. The standard InChI is InChI=1S/C14H16N8O/c1-10-6-17-13(19-11-7-15-9-16-8-11)12(18-10)14(23)20-22-5-3-4-21(22)2/h3-4,6-9H,5H2,1-2H3,(H,17,19)(H,20,23). The van der Waals surface area contributed by atoms with Crippen LogP contribution in [-0.2, 0) is 0 Å². The van der Waals surface area contributed by atoms with Gasteiger partial charge < -0.3 is 5.32 Å². The smallest absolute Gasteiger partial charge is 0.289 e. The van der Waals surface area contributed by atoms with Crippen LogP contribution >= 0.6 is 0 Å². The third-order valence-electron chi connectivity index (χ3n) is 3.14. The number of aromatic nitrogens is 4. The first-order valence-electron chi connectivity index (χ1n) is 6.97. The summed E-state index contributed by atoms with van der Waals surface area (Å²) < 4.78 is 0. The maximum Gasteiger partial charge on any atom is 0.289 e. The van der Waals surface area contributed by atoms with Gasteiger partial charge in [0.25, 0.3) is 5.91 Å². The van der Waals surface area contributed by atoms with Crippen LogP contribution in [0.3, 0.4) is 0 Å². The van der Waals surface area contributed by atoms with Crippen molar-refractivity contribution in [3.05, 3.63) is 48.6 Å². The van der Waals surface area contributed by atoms with E-state index in [1.54, 1.807) is 35.6 Å². The van der Waals surface area contributed by atoms with Gasteiger partial charge in [0.05, 0.1) is 36.5 Å². The van der Waals surface area contributed by atoms with E-state index in [9.17, 15) is 4.79 Å². The third kappa shape index (κ3) is 3.40. The first-order chi connectivity index (χ1) is 11.1. The topological polar surface area (TPSA) is 99.2 Å². The Morgan fingerprint density at radius 1 is 1.26 bits per heavy atom. The van der Waals surface area contributed by atoms with Gasteiger partial charge in [-0.1, -0.05) is 0 Å². The summed E-state index contributed by atoms with van der Waals surface area (Å²) >= 11 is 0. The molecule has 9 nitrogen and oxygen atoms in total. The summed E-state index contributed by atoms with van der Waals surface area (Å²) in [6, 6.07) is 0. The number of carbonyl (C=O) groups excluding carboxylic acids is 1. The monoisotopic (exact) mass is 312 g/mol. The first-order valence-corrected chi connectivity index (χ1v) is 6.97. The van der Waals surface area contributed by atoms with E-state index in [0.717, 1.165) is 0 Å². The molecule has 0 aliphatic carbocycles. The lowest BCUT2D eigenvalue weighted by Gasteiger charge is -2.25. The zero-order chi connectivity index (χ0) is 16.2. The molecule has 0 saturated heterocycles. The zero-order valence-corrected chi connectivity index (χ0v) is 12.8. The summed E-state index contributed by atoms with van der Waals surface area (Å²) in [7, 11) is 1.84. The molecule has 0 aromatic carbocycles. The van der Waals surface area contributed by atoms with Crippen molar-refractivity contribution in [3.8, 4) is 0 Å². The molecule has 3 heterocycles. The minimum Gasteiger partial charge on any atom is -0.336 e. The number of nitrogens with one attached hydrogen (secondary N) is 2. The van der Waals surface area contributed by atoms with Crippen LogP contribution in [0.5, 0.6) is 0 Å². The number of amides is 1. The van der Waals surface area contributed by atoms with Crippen molar-refractivity contribution in [1.82, 2.24) is 35.5 Å². The van der Waals surface area contributed by atoms with Crippen molar-refractivity contribution >= 4 is 17.4 Å². The zero-order valence-electron chi connectivity index (χ0n) is 12.8. The number of anilines is 2. The minimum atomic E-state index is -0.351. The molecule has 1 amide bonds. The highest BCUT2D eigenvalue weighted by Gasteiger charge is 2.20. The Morgan fingerprint density at radius 3 is 2.74 bits per heavy atom. The number of carbonyl (C=O) groups is 1. The van der Waals surface area contributed by atoms with Crippen molar-refractivity contribution < 1.29 is 4.79 Å². The van der Waals surface area contributed by atoms with Crippen molar-refractivity contribution in [1.29, 1.82) is 0 Å². The Hall–Kier alpha value is -3.07. The summed E-state index contributed by atoms with van der Waals surface area (Å²) in [4.78, 5) is 28.9. The molecule has 118 valence electrons. The van der Waals surface area contributed by atoms with Gasteiger partial charge in [0.1, 0.15) is 6.33 Å². The molecule has 0 radical (unpaired) electrons. The molecule has 23 heavy (non-hydrogen) atoms. The Balaban J connectivity index is 1.82. The Labute approximate surface area is 133 Å². The molecule has 0 unspecified atom stereocenters. The molecule has 9 heteroatoms. The van der Waals surface area contributed by atoms with Gasteiger partial charge in [-0.15, -0.1) is 5.12 Å². The normalized spacial score (nSPS) is 14.1. The van der Waals surface area contributed by atoms with Crippen molar-refractivity contribution in [3.63, 3.8) is 0 Å². The van der Waals surface area contributed by atoms with Gasteiger partial charge in [-0.25, -0.2) is 19.9 Å². The maximum atomic E-state index is 12.5. The molecule has 0 bridgehead atoms. The highest BCUT2D eigenvalue weighted by Crippen LogP contribution is 2.16. The second-order valence-electron chi connectivity index (χ2n) is 4.94. The fourth-order valence-corrected chi connectivity index (χ4v) is 2.03. The fourth-order valence-electron chi connectivity index (χ4n) is 2.03. The number of nitrogens with zero attached hydrogens (tertiary/aromatic N) is 6. The molecule has 2 aromatic rings. The van der Waals surface area contributed by atoms with Crippen LogP contribution in [-0.4, -0.2) is 49.6 Å². The van der Waals surface area contributed by atoms with Gasteiger partial charge in [0.2, 0.25) is 0 Å². The molecule has 0 saturated carbocycles. The van der Waals surface area contributed by atoms with E-state index < -0.39 is 0 Å². The molecule has 0 spiro atoms. The molecule has 1 aliphatic rings. The third-order valence-corrected chi connectivity index (χ3v) is 3.14. The molecule has 2 aromatic heterocycles. The highest BCUT2D eigenvalue weighted by atomic mass is 16.2. The number of aryl methyl sites for hydroxylation is 1. The van der Waals surface area contributed by atoms with E-state index in [1.165, 1.54) is 6.33 Å². The Morgan fingerprint density at radius 2 is 2.04 bits per heavy atom. The molecule has 0 fully saturated rings. The average Bonchev–Trinajstić information content (AvgIpc) is 2.95. The van der Waals surface area contributed by atoms with Crippen LogP contribution in [0, 0.1) is 6.92 Å². The van der Waals surface area contributed by atoms with Crippen molar-refractivity contribution in [2.75, 3.05) is 18.9 Å². The molecule has 0 atom stereocenters. The van der Waals surface area contributed by atoms with Crippen LogP contribution in [0.1, 0.15) is 16.2 Å². The lowest BCUT2D eigenvalue weighted by atomic mass is 10.3. The largest absolute Gasteiger partial charge is 0.336 e. The fraction of sp³-hybridized carbons (Fsp3) is 0.214. The lowest BCUT2D eigenvalue weighted by Crippen LogP contribution is -2.47. The molecular formula is C14H16N8O. The van der Waals surface area contributed by atoms with E-state index in [-0.39, 0.29) is 11.6 Å². The number of rotatable bonds is 4. The van der Waals surface area contributed by atoms with E-state index in [1.807, 2.05) is 19.3 Å². The average molecular weight is 312 g/mol. The molecule has 2 N–H and O–H groups in total. The van der Waals surface area contributed by atoms with Gasteiger partial charge in [0.15, 0.2) is 11.5 Å². The first kappa shape index (κ1) is 14.9.